The number of pyridine rings is 1. The molecule has 0 radical (unpaired) electrons. The third kappa shape index (κ3) is 2.85. The smallest absolute Gasteiger partial charge is 0.343 e. The normalized spacial score (nSPS) is 11.2. The van der Waals surface area contributed by atoms with Crippen LogP contribution in [0.25, 0.3) is 22.2 Å². The van der Waals surface area contributed by atoms with Gasteiger partial charge in [0.05, 0.1) is 39.4 Å². The van der Waals surface area contributed by atoms with Crippen molar-refractivity contribution in [2.45, 2.75) is 6.92 Å². The number of ether oxygens (including phenoxy) is 1. The third-order valence-corrected chi connectivity index (χ3v) is 4.81. The van der Waals surface area contributed by atoms with E-state index in [1.807, 2.05) is 0 Å². The van der Waals surface area contributed by atoms with Gasteiger partial charge in [-0.25, -0.2) is 14.3 Å². The molecule has 3 heterocycles. The molecular formula is C18H12Cl2N4O3. The number of hydrogen-bond donors (Lipinski definition) is 0. The van der Waals surface area contributed by atoms with Crippen molar-refractivity contribution in [3.05, 3.63) is 68.8 Å². The zero-order valence-corrected chi connectivity index (χ0v) is 15.5. The summed E-state index contributed by atoms with van der Waals surface area (Å²) in [4.78, 5) is 29.2. The average Bonchev–Trinajstić information content (AvgIpc) is 3.09. The molecule has 0 N–H and O–H groups in total. The second kappa shape index (κ2) is 6.68. The quantitative estimate of drug-likeness (QED) is 0.489. The van der Waals surface area contributed by atoms with E-state index in [2.05, 4.69) is 10.1 Å². The fourth-order valence-electron chi connectivity index (χ4n) is 2.81. The number of fused-ring (bicyclic) bond motifs is 3. The van der Waals surface area contributed by atoms with Gasteiger partial charge in [0.15, 0.2) is 5.65 Å². The monoisotopic (exact) mass is 402 g/mol. The number of esters is 1. The van der Waals surface area contributed by atoms with Crippen molar-refractivity contribution in [2.75, 3.05) is 6.61 Å². The summed E-state index contributed by atoms with van der Waals surface area (Å²) in [6.45, 7) is 1.97. The fraction of sp³-hybridized carbons (Fsp3) is 0.111. The number of rotatable bonds is 3. The van der Waals surface area contributed by atoms with E-state index in [0.29, 0.717) is 32.3 Å². The fourth-order valence-corrected chi connectivity index (χ4v) is 3.10. The minimum atomic E-state index is -0.511. The summed E-state index contributed by atoms with van der Waals surface area (Å²) in [7, 11) is 0. The second-order valence-corrected chi connectivity index (χ2v) is 6.47. The number of aromatic nitrogens is 4. The van der Waals surface area contributed by atoms with Crippen LogP contribution in [0.3, 0.4) is 0 Å². The van der Waals surface area contributed by atoms with E-state index in [-0.39, 0.29) is 17.7 Å². The Morgan fingerprint density at radius 1 is 1.19 bits per heavy atom. The molecule has 0 aliphatic rings. The van der Waals surface area contributed by atoms with Crippen molar-refractivity contribution in [1.82, 2.24) is 19.2 Å². The van der Waals surface area contributed by atoms with E-state index >= 15 is 0 Å². The lowest BCUT2D eigenvalue weighted by atomic mass is 10.2. The Hall–Kier alpha value is -2.90. The maximum Gasteiger partial charge on any atom is 0.343 e. The minimum absolute atomic E-state index is 0.243. The zero-order valence-electron chi connectivity index (χ0n) is 14.0. The highest BCUT2D eigenvalue weighted by Crippen LogP contribution is 2.24. The van der Waals surface area contributed by atoms with Crippen LogP contribution in [0.4, 0.5) is 0 Å². The second-order valence-electron chi connectivity index (χ2n) is 5.66. The molecule has 136 valence electrons. The van der Waals surface area contributed by atoms with Crippen molar-refractivity contribution >= 4 is 45.7 Å². The first-order valence-corrected chi connectivity index (χ1v) is 8.77. The van der Waals surface area contributed by atoms with Gasteiger partial charge in [-0.05, 0) is 31.2 Å². The standard InChI is InChI=1S/C18H12Cl2N4O3/c1-2-27-18(26)12-9-22-24-15-5-6-23(10-3-4-13(19)14(20)7-10)17(25)11(15)8-21-16(12)24/h3-9H,2H2,1H3. The molecule has 0 saturated carbocycles. The van der Waals surface area contributed by atoms with Gasteiger partial charge in [-0.1, -0.05) is 23.2 Å². The summed E-state index contributed by atoms with van der Waals surface area (Å²) in [5, 5.41) is 5.28. The molecule has 0 fully saturated rings. The average molecular weight is 403 g/mol. The molecule has 0 spiro atoms. The molecule has 9 heteroatoms. The highest BCUT2D eigenvalue weighted by atomic mass is 35.5. The van der Waals surface area contributed by atoms with Gasteiger partial charge in [-0.3, -0.25) is 9.36 Å². The lowest BCUT2D eigenvalue weighted by Gasteiger charge is -2.09. The van der Waals surface area contributed by atoms with Crippen LogP contribution in [0.2, 0.25) is 10.0 Å². The number of carbonyl (C=O) groups excluding carboxylic acids is 1. The molecule has 27 heavy (non-hydrogen) atoms. The van der Waals surface area contributed by atoms with Crippen molar-refractivity contribution < 1.29 is 9.53 Å². The first kappa shape index (κ1) is 17.5. The summed E-state index contributed by atoms with van der Waals surface area (Å²) < 4.78 is 7.89. The van der Waals surface area contributed by atoms with Crippen LogP contribution in [0, 0.1) is 0 Å². The molecule has 3 aromatic heterocycles. The summed E-state index contributed by atoms with van der Waals surface area (Å²) in [6.07, 6.45) is 4.41. The topological polar surface area (TPSA) is 78.5 Å². The van der Waals surface area contributed by atoms with E-state index in [1.54, 1.807) is 37.4 Å². The molecule has 0 atom stereocenters. The van der Waals surface area contributed by atoms with E-state index in [4.69, 9.17) is 27.9 Å². The largest absolute Gasteiger partial charge is 0.462 e. The van der Waals surface area contributed by atoms with Crippen molar-refractivity contribution in [1.29, 1.82) is 0 Å². The molecular weight excluding hydrogens is 391 g/mol. The van der Waals surface area contributed by atoms with Crippen molar-refractivity contribution in [3.8, 4) is 5.69 Å². The van der Waals surface area contributed by atoms with Gasteiger partial charge in [0, 0.05) is 12.4 Å². The number of benzene rings is 1. The van der Waals surface area contributed by atoms with Crippen LogP contribution in [0.5, 0.6) is 0 Å². The first-order chi connectivity index (χ1) is 13.0. The van der Waals surface area contributed by atoms with E-state index in [1.165, 1.54) is 21.5 Å². The van der Waals surface area contributed by atoms with Crippen LogP contribution in [0.15, 0.2) is 47.7 Å². The van der Waals surface area contributed by atoms with Crippen LogP contribution < -0.4 is 5.56 Å². The SMILES string of the molecule is CCOC(=O)c1cnn2c1ncc1c(=O)n(-c3ccc(Cl)c(Cl)c3)ccc12. The molecule has 0 aliphatic heterocycles. The molecule has 0 unspecified atom stereocenters. The minimum Gasteiger partial charge on any atom is -0.462 e. The Bertz CT molecular complexity index is 1260. The maximum atomic E-state index is 12.9. The molecule has 0 amide bonds. The Balaban J connectivity index is 1.92. The van der Waals surface area contributed by atoms with Crippen LogP contribution in [-0.2, 0) is 4.74 Å². The Morgan fingerprint density at radius 3 is 2.74 bits per heavy atom. The summed E-state index contributed by atoms with van der Waals surface area (Å²) in [5.41, 5.74) is 1.37. The molecule has 4 aromatic rings. The predicted octanol–water partition coefficient (Wildman–Crippen LogP) is 3.52. The van der Waals surface area contributed by atoms with Gasteiger partial charge in [-0.15, -0.1) is 0 Å². The van der Waals surface area contributed by atoms with E-state index in [0.717, 1.165) is 0 Å². The van der Waals surface area contributed by atoms with E-state index < -0.39 is 5.97 Å². The van der Waals surface area contributed by atoms with Gasteiger partial charge in [-0.2, -0.15) is 5.10 Å². The Kier molecular flexibility index (Phi) is 4.33. The predicted molar refractivity (Wildman–Crippen MR) is 102 cm³/mol. The van der Waals surface area contributed by atoms with Crippen LogP contribution in [-0.4, -0.2) is 31.7 Å². The highest BCUT2D eigenvalue weighted by Gasteiger charge is 2.17. The third-order valence-electron chi connectivity index (χ3n) is 4.07. The molecule has 1 aromatic carbocycles. The summed E-state index contributed by atoms with van der Waals surface area (Å²) >= 11 is 12.0. The van der Waals surface area contributed by atoms with Gasteiger partial charge >= 0.3 is 5.97 Å². The zero-order chi connectivity index (χ0) is 19.1. The Morgan fingerprint density at radius 2 is 2.00 bits per heavy atom. The van der Waals surface area contributed by atoms with Gasteiger partial charge in [0.2, 0.25) is 0 Å². The molecule has 0 bridgehead atoms. The molecule has 0 saturated heterocycles. The van der Waals surface area contributed by atoms with E-state index in [9.17, 15) is 9.59 Å². The molecule has 0 aliphatic carbocycles. The summed E-state index contributed by atoms with van der Waals surface area (Å²) in [5.74, 6) is -0.511. The molecule has 7 nitrogen and oxygen atoms in total. The van der Waals surface area contributed by atoms with Crippen molar-refractivity contribution in [2.24, 2.45) is 0 Å². The van der Waals surface area contributed by atoms with Gasteiger partial charge < -0.3 is 4.74 Å². The van der Waals surface area contributed by atoms with Crippen molar-refractivity contribution in [3.63, 3.8) is 0 Å². The van der Waals surface area contributed by atoms with Crippen LogP contribution in [0.1, 0.15) is 17.3 Å². The van der Waals surface area contributed by atoms with Crippen LogP contribution >= 0.6 is 23.2 Å². The number of hydrogen-bond acceptors (Lipinski definition) is 5. The molecule has 4 rings (SSSR count). The number of halogens is 2. The summed E-state index contributed by atoms with van der Waals surface area (Å²) in [6, 6.07) is 6.64. The van der Waals surface area contributed by atoms with Gasteiger partial charge in [0.25, 0.3) is 5.56 Å². The lowest BCUT2D eigenvalue weighted by Crippen LogP contribution is -2.19. The first-order valence-electron chi connectivity index (χ1n) is 8.02. The number of nitrogens with zero attached hydrogens (tertiary/aromatic N) is 4. The Labute approximate surface area is 162 Å². The number of carbonyl (C=O) groups is 1. The lowest BCUT2D eigenvalue weighted by molar-refractivity contribution is 0.0528. The highest BCUT2D eigenvalue weighted by molar-refractivity contribution is 6.42. The maximum absolute atomic E-state index is 12.9. The van der Waals surface area contributed by atoms with Gasteiger partial charge in [0.1, 0.15) is 5.56 Å².